The molecule has 0 radical (unpaired) electrons. The fourth-order valence-electron chi connectivity index (χ4n) is 1.53. The number of amides is 1. The number of carbonyl (C=O) groups excluding carboxylic acids is 1. The lowest BCUT2D eigenvalue weighted by Gasteiger charge is -2.07. The van der Waals surface area contributed by atoms with Gasteiger partial charge >= 0.3 is 5.97 Å². The summed E-state index contributed by atoms with van der Waals surface area (Å²) in [6.45, 7) is 0. The Bertz CT molecular complexity index is 643. The number of pyridine rings is 1. The third-order valence-electron chi connectivity index (χ3n) is 2.42. The molecule has 0 aliphatic heterocycles. The summed E-state index contributed by atoms with van der Waals surface area (Å²) in [7, 11) is 0. The highest BCUT2D eigenvalue weighted by molar-refractivity contribution is 6.10. The van der Waals surface area contributed by atoms with Gasteiger partial charge in [-0.25, -0.2) is 9.18 Å². The second-order valence-corrected chi connectivity index (χ2v) is 3.66. The molecule has 0 atom stereocenters. The molecule has 96 valence electrons. The second kappa shape index (κ2) is 5.26. The number of carbonyl (C=O) groups is 2. The average Bonchev–Trinajstić information content (AvgIpc) is 2.41. The van der Waals surface area contributed by atoms with Gasteiger partial charge in [-0.1, -0.05) is 12.1 Å². The topological polar surface area (TPSA) is 79.3 Å². The van der Waals surface area contributed by atoms with Crippen LogP contribution in [0.25, 0.3) is 0 Å². The molecule has 1 amide bonds. The van der Waals surface area contributed by atoms with Crippen molar-refractivity contribution in [3.05, 3.63) is 59.7 Å². The minimum absolute atomic E-state index is 0.0359. The van der Waals surface area contributed by atoms with E-state index in [1.807, 2.05) is 0 Å². The molecule has 0 unspecified atom stereocenters. The summed E-state index contributed by atoms with van der Waals surface area (Å²) in [4.78, 5) is 26.5. The van der Waals surface area contributed by atoms with Gasteiger partial charge in [-0.15, -0.1) is 0 Å². The maximum absolute atomic E-state index is 13.3. The molecule has 2 N–H and O–H groups in total. The minimum atomic E-state index is -1.22. The van der Waals surface area contributed by atoms with E-state index >= 15 is 0 Å². The lowest BCUT2D eigenvalue weighted by atomic mass is 10.1. The molecule has 0 saturated carbocycles. The van der Waals surface area contributed by atoms with Gasteiger partial charge in [-0.2, -0.15) is 0 Å². The standard InChI is InChI=1S/C13H9FN2O3/c14-10-7-15-6-5-11(10)16-12(17)8-3-1-2-4-9(8)13(18)19/h1-7H,(H,18,19)(H,15,16,17). The summed E-state index contributed by atoms with van der Waals surface area (Å²) in [5.74, 6) is -2.60. The van der Waals surface area contributed by atoms with Gasteiger partial charge in [0.25, 0.3) is 5.91 Å². The second-order valence-electron chi connectivity index (χ2n) is 3.66. The van der Waals surface area contributed by atoms with Gasteiger partial charge < -0.3 is 10.4 Å². The van der Waals surface area contributed by atoms with Crippen LogP contribution < -0.4 is 5.32 Å². The van der Waals surface area contributed by atoms with E-state index in [0.29, 0.717) is 0 Å². The van der Waals surface area contributed by atoms with Crippen molar-refractivity contribution >= 4 is 17.6 Å². The molecule has 0 spiro atoms. The Kier molecular flexibility index (Phi) is 3.51. The van der Waals surface area contributed by atoms with Gasteiger partial charge in [0.1, 0.15) is 0 Å². The fraction of sp³-hybridized carbons (Fsp3) is 0. The molecule has 0 fully saturated rings. The number of nitrogens with zero attached hydrogens (tertiary/aromatic N) is 1. The van der Waals surface area contributed by atoms with E-state index in [9.17, 15) is 14.0 Å². The summed E-state index contributed by atoms with van der Waals surface area (Å²) in [5, 5.41) is 11.3. The number of benzene rings is 1. The molecule has 5 nitrogen and oxygen atoms in total. The highest BCUT2D eigenvalue weighted by Crippen LogP contribution is 2.15. The quantitative estimate of drug-likeness (QED) is 0.886. The SMILES string of the molecule is O=C(O)c1ccccc1C(=O)Nc1ccncc1F. The molecule has 2 rings (SSSR count). The monoisotopic (exact) mass is 260 g/mol. The van der Waals surface area contributed by atoms with E-state index in [2.05, 4.69) is 10.3 Å². The Morgan fingerprint density at radius 2 is 1.84 bits per heavy atom. The Morgan fingerprint density at radius 1 is 1.16 bits per heavy atom. The van der Waals surface area contributed by atoms with Crippen LogP contribution in [-0.4, -0.2) is 22.0 Å². The van der Waals surface area contributed by atoms with Crippen molar-refractivity contribution < 1.29 is 19.1 Å². The molecule has 0 saturated heterocycles. The molecule has 1 aromatic heterocycles. The van der Waals surface area contributed by atoms with Gasteiger partial charge in [-0.05, 0) is 18.2 Å². The smallest absolute Gasteiger partial charge is 0.336 e. The first-order valence-corrected chi connectivity index (χ1v) is 5.33. The third kappa shape index (κ3) is 2.74. The fourth-order valence-corrected chi connectivity index (χ4v) is 1.53. The zero-order valence-corrected chi connectivity index (χ0v) is 9.63. The van der Waals surface area contributed by atoms with E-state index in [4.69, 9.17) is 5.11 Å². The number of rotatable bonds is 3. The minimum Gasteiger partial charge on any atom is -0.478 e. The van der Waals surface area contributed by atoms with Crippen molar-refractivity contribution in [3.8, 4) is 0 Å². The summed E-state index contributed by atoms with van der Waals surface area (Å²) in [5.41, 5.74) is -0.235. The number of nitrogens with one attached hydrogen (secondary N) is 1. The summed E-state index contributed by atoms with van der Waals surface area (Å²) in [6.07, 6.45) is 2.28. The number of carboxylic acids is 1. The van der Waals surface area contributed by atoms with Crippen LogP contribution >= 0.6 is 0 Å². The van der Waals surface area contributed by atoms with E-state index < -0.39 is 17.7 Å². The Labute approximate surface area is 107 Å². The molecule has 1 aromatic carbocycles. The first-order valence-electron chi connectivity index (χ1n) is 5.33. The zero-order valence-electron chi connectivity index (χ0n) is 9.63. The van der Waals surface area contributed by atoms with Crippen LogP contribution in [0.2, 0.25) is 0 Å². The summed E-state index contributed by atoms with van der Waals surface area (Å²) in [6, 6.07) is 6.99. The van der Waals surface area contributed by atoms with Crippen LogP contribution in [0.15, 0.2) is 42.7 Å². The molecule has 6 heteroatoms. The first kappa shape index (κ1) is 12.7. The third-order valence-corrected chi connectivity index (χ3v) is 2.42. The molecule has 1 heterocycles. The van der Waals surface area contributed by atoms with E-state index in [1.54, 1.807) is 0 Å². The van der Waals surface area contributed by atoms with Crippen molar-refractivity contribution in [2.24, 2.45) is 0 Å². The average molecular weight is 260 g/mol. The molecular formula is C13H9FN2O3. The number of aromatic carboxylic acids is 1. The number of hydrogen-bond acceptors (Lipinski definition) is 3. The van der Waals surface area contributed by atoms with E-state index in [-0.39, 0.29) is 16.8 Å². The molecule has 0 aliphatic rings. The van der Waals surface area contributed by atoms with Crippen LogP contribution in [0, 0.1) is 5.82 Å². The number of halogens is 1. The van der Waals surface area contributed by atoms with Crippen molar-refractivity contribution in [1.82, 2.24) is 4.98 Å². The molecule has 2 aromatic rings. The lowest BCUT2D eigenvalue weighted by Crippen LogP contribution is -2.17. The largest absolute Gasteiger partial charge is 0.478 e. The number of anilines is 1. The van der Waals surface area contributed by atoms with Crippen LogP contribution in [0.3, 0.4) is 0 Å². The normalized spacial score (nSPS) is 9.95. The van der Waals surface area contributed by atoms with Gasteiger partial charge in [0, 0.05) is 6.20 Å². The molecule has 0 aliphatic carbocycles. The first-order chi connectivity index (χ1) is 9.09. The van der Waals surface area contributed by atoms with Gasteiger partial charge in [0.15, 0.2) is 5.82 Å². The van der Waals surface area contributed by atoms with Crippen molar-refractivity contribution in [2.75, 3.05) is 5.32 Å². The van der Waals surface area contributed by atoms with Gasteiger partial charge in [0.2, 0.25) is 0 Å². The Hall–Kier alpha value is -2.76. The molecular weight excluding hydrogens is 251 g/mol. The highest BCUT2D eigenvalue weighted by atomic mass is 19.1. The van der Waals surface area contributed by atoms with E-state index in [1.165, 1.54) is 36.5 Å². The summed E-state index contributed by atoms with van der Waals surface area (Å²) < 4.78 is 13.3. The lowest BCUT2D eigenvalue weighted by molar-refractivity contribution is 0.0692. The number of aromatic nitrogens is 1. The van der Waals surface area contributed by atoms with Crippen LogP contribution in [0.4, 0.5) is 10.1 Å². The van der Waals surface area contributed by atoms with Crippen LogP contribution in [0.5, 0.6) is 0 Å². The Balaban J connectivity index is 2.31. The molecule has 19 heavy (non-hydrogen) atoms. The zero-order chi connectivity index (χ0) is 13.8. The van der Waals surface area contributed by atoms with E-state index in [0.717, 1.165) is 6.20 Å². The van der Waals surface area contributed by atoms with Gasteiger partial charge in [-0.3, -0.25) is 9.78 Å². The maximum Gasteiger partial charge on any atom is 0.336 e. The van der Waals surface area contributed by atoms with Crippen molar-refractivity contribution in [2.45, 2.75) is 0 Å². The predicted octanol–water partition coefficient (Wildman–Crippen LogP) is 2.17. The summed E-state index contributed by atoms with van der Waals surface area (Å²) >= 11 is 0. The number of hydrogen-bond donors (Lipinski definition) is 2. The van der Waals surface area contributed by atoms with Gasteiger partial charge in [0.05, 0.1) is 23.0 Å². The predicted molar refractivity (Wildman–Crippen MR) is 65.5 cm³/mol. The Morgan fingerprint density at radius 3 is 2.47 bits per heavy atom. The van der Waals surface area contributed by atoms with Crippen molar-refractivity contribution in [1.29, 1.82) is 0 Å². The molecule has 0 bridgehead atoms. The van der Waals surface area contributed by atoms with Crippen LogP contribution in [0.1, 0.15) is 20.7 Å². The number of carboxylic acid groups (broad SMARTS) is 1. The van der Waals surface area contributed by atoms with Crippen LogP contribution in [-0.2, 0) is 0 Å². The van der Waals surface area contributed by atoms with Crippen molar-refractivity contribution in [3.63, 3.8) is 0 Å². The highest BCUT2D eigenvalue weighted by Gasteiger charge is 2.16. The maximum atomic E-state index is 13.3.